The maximum Gasteiger partial charge on any atom is 0.269 e. The summed E-state index contributed by atoms with van der Waals surface area (Å²) >= 11 is 12.3. The van der Waals surface area contributed by atoms with E-state index in [1.165, 1.54) is 0 Å². The van der Waals surface area contributed by atoms with Gasteiger partial charge in [0.25, 0.3) is 5.91 Å². The number of hydrogen-bond acceptors (Lipinski definition) is 3. The molecule has 8 heteroatoms. The predicted molar refractivity (Wildman–Crippen MR) is 122 cm³/mol. The summed E-state index contributed by atoms with van der Waals surface area (Å²) in [7, 11) is 0. The number of fused-ring (bicyclic) bond motifs is 3. The van der Waals surface area contributed by atoms with Gasteiger partial charge in [0.2, 0.25) is 0 Å². The van der Waals surface area contributed by atoms with Crippen LogP contribution >= 0.6 is 35.6 Å². The number of carbonyl (C=O) groups excluding carboxylic acids is 1. The van der Waals surface area contributed by atoms with E-state index in [2.05, 4.69) is 15.3 Å². The third-order valence-electron chi connectivity index (χ3n) is 4.69. The van der Waals surface area contributed by atoms with Crippen molar-refractivity contribution in [2.24, 2.45) is 5.73 Å². The third kappa shape index (κ3) is 3.91. The lowest BCUT2D eigenvalue weighted by Crippen LogP contribution is -2.29. The molecule has 0 saturated carbocycles. The second-order valence-electron chi connectivity index (χ2n) is 6.57. The van der Waals surface area contributed by atoms with Crippen molar-refractivity contribution in [3.05, 3.63) is 63.8 Å². The van der Waals surface area contributed by atoms with Crippen LogP contribution in [-0.4, -0.2) is 29.0 Å². The van der Waals surface area contributed by atoms with E-state index in [-0.39, 0.29) is 18.3 Å². The van der Waals surface area contributed by atoms with Crippen LogP contribution in [0.25, 0.3) is 33.1 Å². The molecule has 2 heterocycles. The number of nitrogens with two attached hydrogens (primary N) is 1. The number of H-pyrrole nitrogens is 1. The quantitative estimate of drug-likeness (QED) is 0.405. The summed E-state index contributed by atoms with van der Waals surface area (Å²) < 4.78 is 0. The smallest absolute Gasteiger partial charge is 0.269 e. The molecule has 0 aliphatic rings. The van der Waals surface area contributed by atoms with E-state index in [0.717, 1.165) is 32.9 Å². The number of halogens is 3. The number of hydrogen-bond donors (Lipinski definition) is 3. The summed E-state index contributed by atoms with van der Waals surface area (Å²) in [5, 5.41) is 5.63. The van der Waals surface area contributed by atoms with E-state index in [1.54, 1.807) is 18.2 Å². The molecule has 5 nitrogen and oxygen atoms in total. The topological polar surface area (TPSA) is 83.8 Å². The standard InChI is InChI=1S/C21H18Cl2N4O.ClH/c1-11-3-2-4-13-14-10-17(21(28)25-8-7-24)26-19(20(14)27-18(11)13)12-5-6-15(22)16(23)9-12;/h2-6,9-10,27H,7-8,24H2,1H3,(H,25,28);1H. The Morgan fingerprint density at radius 2 is 1.90 bits per heavy atom. The van der Waals surface area contributed by atoms with Gasteiger partial charge in [-0.1, -0.05) is 47.5 Å². The first-order chi connectivity index (χ1) is 13.5. The van der Waals surface area contributed by atoms with Crippen LogP contribution in [0.5, 0.6) is 0 Å². The molecule has 0 unspecified atom stereocenters. The lowest BCUT2D eigenvalue weighted by Gasteiger charge is -2.09. The molecular formula is C21H19Cl3N4O. The van der Waals surface area contributed by atoms with E-state index in [1.807, 2.05) is 31.2 Å². The molecule has 4 N–H and O–H groups in total. The number of benzene rings is 2. The highest BCUT2D eigenvalue weighted by Crippen LogP contribution is 2.35. The average molecular weight is 450 g/mol. The molecule has 150 valence electrons. The Bertz CT molecular complexity index is 1220. The number of carbonyl (C=O) groups is 1. The zero-order valence-corrected chi connectivity index (χ0v) is 17.9. The van der Waals surface area contributed by atoms with Crippen molar-refractivity contribution >= 4 is 63.3 Å². The zero-order valence-electron chi connectivity index (χ0n) is 15.6. The van der Waals surface area contributed by atoms with E-state index >= 15 is 0 Å². The number of amides is 1. The Hall–Kier alpha value is -2.31. The number of nitrogens with zero attached hydrogens (tertiary/aromatic N) is 1. The van der Waals surface area contributed by atoms with Gasteiger partial charge in [-0.2, -0.15) is 0 Å². The van der Waals surface area contributed by atoms with Crippen molar-refractivity contribution in [3.63, 3.8) is 0 Å². The highest BCUT2D eigenvalue weighted by Gasteiger charge is 2.18. The zero-order chi connectivity index (χ0) is 19.8. The lowest BCUT2D eigenvalue weighted by atomic mass is 10.1. The van der Waals surface area contributed by atoms with Crippen LogP contribution in [0, 0.1) is 6.92 Å². The summed E-state index contributed by atoms with van der Waals surface area (Å²) in [6.45, 7) is 2.78. The summed E-state index contributed by atoms with van der Waals surface area (Å²) in [5.41, 5.74) is 10.2. The van der Waals surface area contributed by atoms with Crippen molar-refractivity contribution in [3.8, 4) is 11.3 Å². The average Bonchev–Trinajstić information content (AvgIpc) is 3.07. The molecular weight excluding hydrogens is 431 g/mol. The maximum absolute atomic E-state index is 12.6. The van der Waals surface area contributed by atoms with E-state index in [9.17, 15) is 4.79 Å². The molecule has 0 spiro atoms. The lowest BCUT2D eigenvalue weighted by molar-refractivity contribution is 0.0950. The van der Waals surface area contributed by atoms with E-state index in [4.69, 9.17) is 28.9 Å². The Kier molecular flexibility index (Phi) is 6.34. The van der Waals surface area contributed by atoms with Crippen LogP contribution in [0.4, 0.5) is 0 Å². The van der Waals surface area contributed by atoms with Gasteiger partial charge in [0.15, 0.2) is 0 Å². The van der Waals surface area contributed by atoms with Crippen LogP contribution in [0.3, 0.4) is 0 Å². The molecule has 0 fully saturated rings. The first-order valence-electron chi connectivity index (χ1n) is 8.85. The van der Waals surface area contributed by atoms with Crippen LogP contribution in [-0.2, 0) is 0 Å². The van der Waals surface area contributed by atoms with Gasteiger partial charge in [-0.05, 0) is 30.7 Å². The van der Waals surface area contributed by atoms with Crippen molar-refractivity contribution in [1.82, 2.24) is 15.3 Å². The molecule has 0 radical (unpaired) electrons. The van der Waals surface area contributed by atoms with Crippen LogP contribution in [0.1, 0.15) is 16.1 Å². The molecule has 0 aliphatic carbocycles. The normalized spacial score (nSPS) is 10.9. The molecule has 2 aromatic heterocycles. The molecule has 2 aromatic carbocycles. The van der Waals surface area contributed by atoms with Gasteiger partial charge in [0, 0.05) is 34.9 Å². The third-order valence-corrected chi connectivity index (χ3v) is 5.43. The summed E-state index contributed by atoms with van der Waals surface area (Å²) in [5.74, 6) is -0.268. The minimum Gasteiger partial charge on any atom is -0.353 e. The molecule has 4 aromatic rings. The Labute approximate surface area is 184 Å². The van der Waals surface area contributed by atoms with Gasteiger partial charge >= 0.3 is 0 Å². The number of rotatable bonds is 4. The van der Waals surface area contributed by atoms with E-state index < -0.39 is 0 Å². The molecule has 29 heavy (non-hydrogen) atoms. The second-order valence-corrected chi connectivity index (χ2v) is 7.39. The fourth-order valence-electron chi connectivity index (χ4n) is 3.31. The summed E-state index contributed by atoms with van der Waals surface area (Å²) in [6, 6.07) is 13.2. The number of aromatic nitrogens is 2. The molecule has 0 aliphatic heterocycles. The predicted octanol–water partition coefficient (Wildman–Crippen LogP) is 5.11. The van der Waals surface area contributed by atoms with Gasteiger partial charge in [0.05, 0.1) is 21.3 Å². The largest absolute Gasteiger partial charge is 0.353 e. The van der Waals surface area contributed by atoms with Gasteiger partial charge in [-0.3, -0.25) is 4.79 Å². The van der Waals surface area contributed by atoms with Gasteiger partial charge in [-0.25, -0.2) is 4.98 Å². The monoisotopic (exact) mass is 448 g/mol. The Morgan fingerprint density at radius 3 is 2.62 bits per heavy atom. The number of aromatic amines is 1. The second kappa shape index (κ2) is 8.59. The number of nitrogens with one attached hydrogen (secondary N) is 2. The molecule has 1 amide bonds. The number of pyridine rings is 1. The maximum atomic E-state index is 12.6. The van der Waals surface area contributed by atoms with Crippen molar-refractivity contribution < 1.29 is 4.79 Å². The first kappa shape index (κ1) is 21.4. The summed E-state index contributed by atoms with van der Waals surface area (Å²) in [4.78, 5) is 20.7. The fourth-order valence-corrected chi connectivity index (χ4v) is 3.61. The molecule has 0 bridgehead atoms. The number of aryl methyl sites for hydroxylation is 1. The van der Waals surface area contributed by atoms with Crippen molar-refractivity contribution in [1.29, 1.82) is 0 Å². The fraction of sp³-hybridized carbons (Fsp3) is 0.143. The first-order valence-corrected chi connectivity index (χ1v) is 9.61. The van der Waals surface area contributed by atoms with Crippen LogP contribution < -0.4 is 11.1 Å². The molecule has 4 rings (SSSR count). The number of para-hydroxylation sites is 1. The summed E-state index contributed by atoms with van der Waals surface area (Å²) in [6.07, 6.45) is 0. The molecule has 0 saturated heterocycles. The highest BCUT2D eigenvalue weighted by molar-refractivity contribution is 6.42. The minimum absolute atomic E-state index is 0. The van der Waals surface area contributed by atoms with Gasteiger partial charge in [0.1, 0.15) is 5.69 Å². The van der Waals surface area contributed by atoms with Crippen molar-refractivity contribution in [2.75, 3.05) is 13.1 Å². The molecule has 0 atom stereocenters. The Morgan fingerprint density at radius 1 is 1.10 bits per heavy atom. The highest BCUT2D eigenvalue weighted by atomic mass is 35.5. The van der Waals surface area contributed by atoms with Crippen LogP contribution in [0.2, 0.25) is 10.0 Å². The van der Waals surface area contributed by atoms with Gasteiger partial charge < -0.3 is 16.0 Å². The van der Waals surface area contributed by atoms with Crippen LogP contribution in [0.15, 0.2) is 42.5 Å². The van der Waals surface area contributed by atoms with Crippen molar-refractivity contribution in [2.45, 2.75) is 6.92 Å². The van der Waals surface area contributed by atoms with E-state index in [0.29, 0.717) is 34.5 Å². The SMILES string of the molecule is Cc1cccc2c1[nH]c1c(-c3ccc(Cl)c(Cl)c3)nc(C(=O)NCCN)cc12.Cl. The Balaban J connectivity index is 0.00000240. The van der Waals surface area contributed by atoms with Gasteiger partial charge in [-0.15, -0.1) is 12.4 Å². The minimum atomic E-state index is -0.268.